The monoisotopic (exact) mass is 290 g/mol. The zero-order chi connectivity index (χ0) is 12.3. The predicted molar refractivity (Wildman–Crippen MR) is 63.9 cm³/mol. The number of nitrogens with two attached hydrogens (primary N) is 1. The maximum Gasteiger partial charge on any atom is 0.414 e. The van der Waals surface area contributed by atoms with Gasteiger partial charge >= 0.3 is 6.09 Å². The minimum atomic E-state index is -0.589. The molecule has 0 aromatic heterocycles. The average molecular weight is 291 g/mol. The molecule has 16 heavy (non-hydrogen) atoms. The van der Waals surface area contributed by atoms with Gasteiger partial charge in [0.2, 0.25) is 0 Å². The standard InChI is InChI=1S/C10H12BrFN2O2/c1-3-16-10(15)14(2)7-5-4-6(11)8(12)9(7)13/h4-5H,3,13H2,1-2H3. The first-order chi connectivity index (χ1) is 7.49. The number of amides is 1. The molecule has 0 saturated heterocycles. The summed E-state index contributed by atoms with van der Waals surface area (Å²) in [6.07, 6.45) is -0.573. The number of hydrogen-bond donors (Lipinski definition) is 1. The minimum Gasteiger partial charge on any atom is -0.449 e. The van der Waals surface area contributed by atoms with Gasteiger partial charge in [0.15, 0.2) is 5.82 Å². The number of benzene rings is 1. The van der Waals surface area contributed by atoms with Gasteiger partial charge in [-0.25, -0.2) is 9.18 Å². The number of rotatable bonds is 2. The highest BCUT2D eigenvalue weighted by Crippen LogP contribution is 2.30. The van der Waals surface area contributed by atoms with E-state index < -0.39 is 11.9 Å². The summed E-state index contributed by atoms with van der Waals surface area (Å²) in [6, 6.07) is 3.02. The molecule has 0 fully saturated rings. The fourth-order valence-corrected chi connectivity index (χ4v) is 1.51. The molecule has 1 aromatic carbocycles. The molecule has 1 aromatic rings. The molecule has 0 aliphatic rings. The van der Waals surface area contributed by atoms with E-state index in [0.717, 1.165) is 4.90 Å². The second kappa shape index (κ2) is 5.16. The molecule has 4 nitrogen and oxygen atoms in total. The van der Waals surface area contributed by atoms with E-state index in [-0.39, 0.29) is 22.5 Å². The van der Waals surface area contributed by atoms with Crippen LogP contribution in [0.25, 0.3) is 0 Å². The molecular weight excluding hydrogens is 279 g/mol. The number of hydrogen-bond acceptors (Lipinski definition) is 3. The molecule has 1 rings (SSSR count). The number of carbonyl (C=O) groups excluding carboxylic acids is 1. The molecule has 6 heteroatoms. The Hall–Kier alpha value is -1.30. The van der Waals surface area contributed by atoms with E-state index >= 15 is 0 Å². The molecule has 0 saturated carbocycles. The van der Waals surface area contributed by atoms with Crippen molar-refractivity contribution in [2.45, 2.75) is 6.92 Å². The summed E-state index contributed by atoms with van der Waals surface area (Å²) >= 11 is 3.01. The van der Waals surface area contributed by atoms with Gasteiger partial charge in [-0.3, -0.25) is 4.90 Å². The first-order valence-corrected chi connectivity index (χ1v) is 5.42. The number of anilines is 2. The number of halogens is 2. The molecule has 88 valence electrons. The first-order valence-electron chi connectivity index (χ1n) is 4.63. The van der Waals surface area contributed by atoms with Crippen molar-refractivity contribution in [3.8, 4) is 0 Å². The Morgan fingerprint density at radius 3 is 2.81 bits per heavy atom. The van der Waals surface area contributed by atoms with Gasteiger partial charge in [-0.1, -0.05) is 0 Å². The van der Waals surface area contributed by atoms with Crippen LogP contribution in [0.15, 0.2) is 16.6 Å². The maximum atomic E-state index is 13.5. The highest BCUT2D eigenvalue weighted by molar-refractivity contribution is 9.10. The van der Waals surface area contributed by atoms with E-state index in [1.807, 2.05) is 0 Å². The lowest BCUT2D eigenvalue weighted by Gasteiger charge is -2.18. The number of nitrogen functional groups attached to an aromatic ring is 1. The van der Waals surface area contributed by atoms with Gasteiger partial charge in [0.1, 0.15) is 0 Å². The van der Waals surface area contributed by atoms with Crippen LogP contribution in [-0.2, 0) is 4.74 Å². The van der Waals surface area contributed by atoms with Crippen molar-refractivity contribution in [2.24, 2.45) is 0 Å². The summed E-state index contributed by atoms with van der Waals surface area (Å²) in [5.41, 5.74) is 5.75. The Labute approximate surface area is 101 Å². The first kappa shape index (κ1) is 12.8. The maximum absolute atomic E-state index is 13.5. The molecule has 0 unspecified atom stereocenters. The Morgan fingerprint density at radius 2 is 2.25 bits per heavy atom. The Morgan fingerprint density at radius 1 is 1.62 bits per heavy atom. The number of nitrogens with zero attached hydrogens (tertiary/aromatic N) is 1. The second-order valence-electron chi connectivity index (χ2n) is 3.05. The summed E-state index contributed by atoms with van der Waals surface area (Å²) in [6.45, 7) is 1.94. The Kier molecular flexibility index (Phi) is 4.12. The van der Waals surface area contributed by atoms with Gasteiger partial charge in [0, 0.05) is 7.05 Å². The summed E-state index contributed by atoms with van der Waals surface area (Å²) in [5, 5.41) is 0. The SMILES string of the molecule is CCOC(=O)N(C)c1ccc(Br)c(F)c1N. The second-order valence-corrected chi connectivity index (χ2v) is 3.91. The van der Waals surface area contributed by atoms with Crippen LogP contribution in [0.5, 0.6) is 0 Å². The van der Waals surface area contributed by atoms with Crippen molar-refractivity contribution in [3.63, 3.8) is 0 Å². The van der Waals surface area contributed by atoms with Gasteiger partial charge in [0.05, 0.1) is 22.5 Å². The van der Waals surface area contributed by atoms with Crippen molar-refractivity contribution >= 4 is 33.4 Å². The lowest BCUT2D eigenvalue weighted by Crippen LogP contribution is -2.28. The Bertz CT molecular complexity index is 412. The van der Waals surface area contributed by atoms with Gasteiger partial charge in [0.25, 0.3) is 0 Å². The number of carbonyl (C=O) groups is 1. The normalized spacial score (nSPS) is 10.0. The minimum absolute atomic E-state index is 0.0927. The largest absolute Gasteiger partial charge is 0.449 e. The molecule has 0 atom stereocenters. The van der Waals surface area contributed by atoms with E-state index in [1.165, 1.54) is 13.1 Å². The zero-order valence-corrected chi connectivity index (χ0v) is 10.5. The van der Waals surface area contributed by atoms with Gasteiger partial charge in [-0.15, -0.1) is 0 Å². The van der Waals surface area contributed by atoms with E-state index in [4.69, 9.17) is 10.5 Å². The highest BCUT2D eigenvalue weighted by Gasteiger charge is 2.17. The van der Waals surface area contributed by atoms with Gasteiger partial charge < -0.3 is 10.5 Å². The van der Waals surface area contributed by atoms with Crippen LogP contribution in [0.4, 0.5) is 20.6 Å². The molecule has 2 N–H and O–H groups in total. The third kappa shape index (κ3) is 2.44. The van der Waals surface area contributed by atoms with E-state index in [2.05, 4.69) is 15.9 Å². The highest BCUT2D eigenvalue weighted by atomic mass is 79.9. The lowest BCUT2D eigenvalue weighted by atomic mass is 10.2. The third-order valence-corrected chi connectivity index (χ3v) is 2.63. The summed E-state index contributed by atoms with van der Waals surface area (Å²) in [7, 11) is 1.47. The van der Waals surface area contributed by atoms with Crippen molar-refractivity contribution in [2.75, 3.05) is 24.3 Å². The molecule has 0 radical (unpaired) electrons. The topological polar surface area (TPSA) is 55.6 Å². The molecule has 0 heterocycles. The fraction of sp³-hybridized carbons (Fsp3) is 0.300. The summed E-state index contributed by atoms with van der Waals surface area (Å²) < 4.78 is 18.5. The van der Waals surface area contributed by atoms with Crippen molar-refractivity contribution < 1.29 is 13.9 Å². The van der Waals surface area contributed by atoms with Crippen molar-refractivity contribution in [1.82, 2.24) is 0 Å². The smallest absolute Gasteiger partial charge is 0.414 e. The van der Waals surface area contributed by atoms with E-state index in [0.29, 0.717) is 0 Å². The Balaban J connectivity index is 3.05. The molecule has 0 bridgehead atoms. The molecule has 0 spiro atoms. The van der Waals surface area contributed by atoms with E-state index in [1.54, 1.807) is 13.0 Å². The third-order valence-electron chi connectivity index (χ3n) is 2.01. The van der Waals surface area contributed by atoms with Crippen molar-refractivity contribution in [3.05, 3.63) is 22.4 Å². The summed E-state index contributed by atoms with van der Waals surface area (Å²) in [5.74, 6) is -0.589. The van der Waals surface area contributed by atoms with Crippen molar-refractivity contribution in [1.29, 1.82) is 0 Å². The summed E-state index contributed by atoms with van der Waals surface area (Å²) in [4.78, 5) is 12.6. The van der Waals surface area contributed by atoms with Crippen LogP contribution in [0.3, 0.4) is 0 Å². The lowest BCUT2D eigenvalue weighted by molar-refractivity contribution is 0.161. The van der Waals surface area contributed by atoms with Crippen LogP contribution in [0, 0.1) is 5.82 Å². The fourth-order valence-electron chi connectivity index (χ4n) is 1.17. The van der Waals surface area contributed by atoms with Crippen LogP contribution >= 0.6 is 15.9 Å². The average Bonchev–Trinajstić information content (AvgIpc) is 2.26. The van der Waals surface area contributed by atoms with Gasteiger partial charge in [-0.05, 0) is 35.0 Å². The van der Waals surface area contributed by atoms with Crippen LogP contribution in [0.1, 0.15) is 6.92 Å². The van der Waals surface area contributed by atoms with Crippen LogP contribution in [0.2, 0.25) is 0 Å². The molecule has 1 amide bonds. The zero-order valence-electron chi connectivity index (χ0n) is 8.96. The van der Waals surface area contributed by atoms with Crippen LogP contribution < -0.4 is 10.6 Å². The van der Waals surface area contributed by atoms with Crippen LogP contribution in [-0.4, -0.2) is 19.7 Å². The quantitative estimate of drug-likeness (QED) is 0.852. The predicted octanol–water partition coefficient (Wildman–Crippen LogP) is 2.76. The molecule has 0 aliphatic heterocycles. The van der Waals surface area contributed by atoms with Gasteiger partial charge in [-0.2, -0.15) is 0 Å². The number of ether oxygens (including phenoxy) is 1. The molecule has 0 aliphatic carbocycles. The van der Waals surface area contributed by atoms with E-state index in [9.17, 15) is 9.18 Å². The molecular formula is C10H12BrFN2O2.